The molecule has 0 rings (SSSR count). The first kappa shape index (κ1) is 15.3. The summed E-state index contributed by atoms with van der Waals surface area (Å²) in [6.45, 7) is 2.48. The van der Waals surface area contributed by atoms with Gasteiger partial charge < -0.3 is 4.74 Å². The minimum Gasteiger partial charge on any atom is -0.373 e. The van der Waals surface area contributed by atoms with Gasteiger partial charge in [-0.2, -0.15) is 5.26 Å². The molecule has 0 saturated carbocycles. The van der Waals surface area contributed by atoms with Gasteiger partial charge in [0.05, 0.1) is 25.2 Å². The first-order valence-corrected chi connectivity index (χ1v) is 9.85. The Morgan fingerprint density at radius 3 is 2.60 bits per heavy atom. The molecule has 0 aromatic heterocycles. The van der Waals surface area contributed by atoms with E-state index in [4.69, 9.17) is 43.2 Å². The van der Waals surface area contributed by atoms with Crippen molar-refractivity contribution < 1.29 is 4.74 Å². The summed E-state index contributed by atoms with van der Waals surface area (Å²) in [4.78, 5) is 0. The largest absolute Gasteiger partial charge is 0.373 e. The standard InChI is InChI=1S/C9H14Cl3NOSi/c1-2-4-9(14-7-3-6-13)5-8-15(10,11)12/h5,8-9H,2-4,7H2,1H3. The average Bonchev–Trinajstić information content (AvgIpc) is 2.13. The van der Waals surface area contributed by atoms with Gasteiger partial charge in [0.2, 0.25) is 0 Å². The van der Waals surface area contributed by atoms with Crippen LogP contribution in [0.15, 0.2) is 11.8 Å². The first-order valence-electron chi connectivity index (χ1n) is 4.74. The Hall–Kier alpha value is 0.277. The second-order valence-electron chi connectivity index (χ2n) is 3.01. The van der Waals surface area contributed by atoms with Crippen LogP contribution in [0.2, 0.25) is 0 Å². The predicted octanol–water partition coefficient (Wildman–Crippen LogP) is 3.84. The van der Waals surface area contributed by atoms with Crippen molar-refractivity contribution in [3.63, 3.8) is 0 Å². The van der Waals surface area contributed by atoms with Crippen molar-refractivity contribution in [2.75, 3.05) is 6.61 Å². The molecule has 15 heavy (non-hydrogen) atoms. The monoisotopic (exact) mass is 285 g/mol. The molecule has 0 saturated heterocycles. The first-order chi connectivity index (χ1) is 6.99. The Balaban J connectivity index is 4.04. The van der Waals surface area contributed by atoms with Crippen LogP contribution in [0.1, 0.15) is 26.2 Å². The SMILES string of the molecule is CCCC(C=C[Si](Cl)(Cl)Cl)OCCC#N. The van der Waals surface area contributed by atoms with E-state index in [1.807, 2.05) is 6.07 Å². The summed E-state index contributed by atoms with van der Waals surface area (Å²) in [5, 5.41) is 8.36. The van der Waals surface area contributed by atoms with Crippen LogP contribution >= 0.6 is 33.2 Å². The fourth-order valence-corrected chi connectivity index (χ4v) is 2.08. The summed E-state index contributed by atoms with van der Waals surface area (Å²) in [6.07, 6.45) is 3.99. The highest BCUT2D eigenvalue weighted by molar-refractivity contribution is 7.66. The molecule has 0 amide bonds. The second-order valence-corrected chi connectivity index (χ2v) is 11.5. The lowest BCUT2D eigenvalue weighted by molar-refractivity contribution is 0.0835. The number of nitriles is 1. The number of ether oxygens (including phenoxy) is 1. The maximum Gasteiger partial charge on any atom is 0.365 e. The van der Waals surface area contributed by atoms with Crippen molar-refractivity contribution in [2.45, 2.75) is 32.3 Å². The zero-order valence-corrected chi connectivity index (χ0v) is 11.8. The van der Waals surface area contributed by atoms with Crippen LogP contribution in [0.4, 0.5) is 0 Å². The number of rotatable bonds is 7. The quantitative estimate of drug-likeness (QED) is 0.405. The molecule has 0 bridgehead atoms. The van der Waals surface area contributed by atoms with E-state index in [0.29, 0.717) is 13.0 Å². The lowest BCUT2D eigenvalue weighted by Crippen LogP contribution is -2.13. The molecule has 2 nitrogen and oxygen atoms in total. The Kier molecular flexibility index (Phi) is 8.59. The Labute approximate surface area is 106 Å². The van der Waals surface area contributed by atoms with E-state index in [1.54, 1.807) is 11.8 Å². The van der Waals surface area contributed by atoms with Crippen LogP contribution in [0.25, 0.3) is 0 Å². The van der Waals surface area contributed by atoms with E-state index >= 15 is 0 Å². The number of hydrogen-bond donors (Lipinski definition) is 0. The Bertz CT molecular complexity index is 234. The highest BCUT2D eigenvalue weighted by Gasteiger charge is 2.20. The van der Waals surface area contributed by atoms with Gasteiger partial charge in [0.1, 0.15) is 0 Å². The number of nitrogens with zero attached hydrogens (tertiary/aromatic N) is 1. The van der Waals surface area contributed by atoms with E-state index in [-0.39, 0.29) is 6.10 Å². The zero-order valence-electron chi connectivity index (χ0n) is 8.55. The maximum absolute atomic E-state index is 8.36. The molecule has 0 spiro atoms. The summed E-state index contributed by atoms with van der Waals surface area (Å²) in [5.41, 5.74) is 1.62. The number of halogens is 3. The van der Waals surface area contributed by atoms with Crippen LogP contribution in [-0.2, 0) is 4.74 Å². The van der Waals surface area contributed by atoms with Gasteiger partial charge in [-0.15, -0.1) is 33.2 Å². The normalized spacial score (nSPS) is 14.1. The van der Waals surface area contributed by atoms with Gasteiger partial charge in [0.25, 0.3) is 0 Å². The number of hydrogen-bond acceptors (Lipinski definition) is 2. The molecule has 0 aliphatic heterocycles. The van der Waals surface area contributed by atoms with Crippen molar-refractivity contribution in [1.29, 1.82) is 5.26 Å². The van der Waals surface area contributed by atoms with Crippen molar-refractivity contribution in [3.8, 4) is 6.07 Å². The third kappa shape index (κ3) is 10.6. The highest BCUT2D eigenvalue weighted by atomic mass is 35.8. The van der Waals surface area contributed by atoms with E-state index in [2.05, 4.69) is 6.92 Å². The van der Waals surface area contributed by atoms with Crippen molar-refractivity contribution >= 4 is 39.2 Å². The van der Waals surface area contributed by atoms with Crippen molar-refractivity contribution in [2.24, 2.45) is 0 Å². The lowest BCUT2D eigenvalue weighted by Gasteiger charge is -2.12. The van der Waals surface area contributed by atoms with E-state index in [0.717, 1.165) is 12.8 Å². The summed E-state index contributed by atoms with van der Waals surface area (Å²) in [6, 6.07) is -0.687. The van der Waals surface area contributed by atoms with Gasteiger partial charge in [0, 0.05) is 0 Å². The van der Waals surface area contributed by atoms with Crippen LogP contribution in [0, 0.1) is 11.3 Å². The minimum atomic E-state index is -2.71. The molecule has 0 aliphatic rings. The van der Waals surface area contributed by atoms with Gasteiger partial charge in [-0.05, 0) is 6.42 Å². The van der Waals surface area contributed by atoms with E-state index in [9.17, 15) is 0 Å². The molecular formula is C9H14Cl3NOSi. The highest BCUT2D eigenvalue weighted by Crippen LogP contribution is 2.21. The van der Waals surface area contributed by atoms with Gasteiger partial charge in [-0.25, -0.2) is 0 Å². The summed E-state index contributed by atoms with van der Waals surface area (Å²) in [7, 11) is 0. The molecule has 86 valence electrons. The predicted molar refractivity (Wildman–Crippen MR) is 67.3 cm³/mol. The summed E-state index contributed by atoms with van der Waals surface area (Å²) in [5.74, 6) is 0. The molecule has 0 aromatic rings. The summed E-state index contributed by atoms with van der Waals surface area (Å²) < 4.78 is 5.46. The topological polar surface area (TPSA) is 33.0 Å². The van der Waals surface area contributed by atoms with E-state index < -0.39 is 6.00 Å². The average molecular weight is 287 g/mol. The van der Waals surface area contributed by atoms with Crippen LogP contribution in [0.3, 0.4) is 0 Å². The molecule has 0 aliphatic carbocycles. The molecule has 0 radical (unpaired) electrons. The third-order valence-corrected chi connectivity index (χ3v) is 3.32. The van der Waals surface area contributed by atoms with Crippen molar-refractivity contribution in [3.05, 3.63) is 11.8 Å². The zero-order chi connectivity index (χ0) is 11.7. The minimum absolute atomic E-state index is 0.0496. The lowest BCUT2D eigenvalue weighted by atomic mass is 10.2. The van der Waals surface area contributed by atoms with E-state index in [1.165, 1.54) is 0 Å². The van der Waals surface area contributed by atoms with Gasteiger partial charge in [-0.3, -0.25) is 0 Å². The molecule has 0 aromatic carbocycles. The summed E-state index contributed by atoms with van der Waals surface area (Å²) >= 11 is 17.1. The molecule has 0 fully saturated rings. The molecule has 0 N–H and O–H groups in total. The maximum atomic E-state index is 8.36. The molecule has 6 heteroatoms. The fraction of sp³-hybridized carbons (Fsp3) is 0.667. The molecule has 1 atom stereocenters. The van der Waals surface area contributed by atoms with Crippen LogP contribution in [-0.4, -0.2) is 18.7 Å². The van der Waals surface area contributed by atoms with Gasteiger partial charge in [0.15, 0.2) is 0 Å². The molecule has 1 unspecified atom stereocenters. The van der Waals surface area contributed by atoms with Crippen molar-refractivity contribution in [1.82, 2.24) is 0 Å². The smallest absolute Gasteiger partial charge is 0.365 e. The second kappa shape index (κ2) is 8.43. The van der Waals surface area contributed by atoms with Gasteiger partial charge in [-0.1, -0.05) is 25.1 Å². The third-order valence-electron chi connectivity index (χ3n) is 1.62. The van der Waals surface area contributed by atoms with Gasteiger partial charge >= 0.3 is 6.00 Å². The van der Waals surface area contributed by atoms with Crippen LogP contribution < -0.4 is 0 Å². The molecular weight excluding hydrogens is 273 g/mol. The Morgan fingerprint density at radius 1 is 1.47 bits per heavy atom. The molecule has 0 heterocycles. The Morgan fingerprint density at radius 2 is 2.13 bits per heavy atom. The van der Waals surface area contributed by atoms with Crippen LogP contribution in [0.5, 0.6) is 0 Å². The fourth-order valence-electron chi connectivity index (χ4n) is 0.992.